The number of esters is 1. The average Bonchev–Trinajstić information content (AvgIpc) is 2.82. The molecule has 0 saturated carbocycles. The van der Waals surface area contributed by atoms with Gasteiger partial charge in [0.2, 0.25) is 5.91 Å². The molecule has 0 spiro atoms. The van der Waals surface area contributed by atoms with E-state index in [1.165, 1.54) is 35.2 Å². The van der Waals surface area contributed by atoms with Crippen LogP contribution in [0.4, 0.5) is 5.69 Å². The van der Waals surface area contributed by atoms with Crippen LogP contribution < -0.4 is 24.2 Å². The van der Waals surface area contributed by atoms with Crippen LogP contribution in [0.15, 0.2) is 58.7 Å². The number of ether oxygens (including phenoxy) is 2. The zero-order valence-electron chi connectivity index (χ0n) is 19.9. The first kappa shape index (κ1) is 25.6. The van der Waals surface area contributed by atoms with Crippen molar-refractivity contribution in [2.75, 3.05) is 17.3 Å². The van der Waals surface area contributed by atoms with Crippen molar-refractivity contribution in [1.29, 1.82) is 0 Å². The van der Waals surface area contributed by atoms with E-state index in [0.717, 1.165) is 0 Å². The first-order valence-electron chi connectivity index (χ1n) is 11.0. The number of anilines is 1. The van der Waals surface area contributed by atoms with Crippen molar-refractivity contribution < 1.29 is 28.9 Å². The predicted octanol–water partition coefficient (Wildman–Crippen LogP) is 3.78. The summed E-state index contributed by atoms with van der Waals surface area (Å²) >= 11 is 4.74. The highest BCUT2D eigenvalue weighted by atomic mass is 79.9. The molecule has 0 bridgehead atoms. The second-order valence-electron chi connectivity index (χ2n) is 7.72. The average molecular weight is 571 g/mol. The zero-order valence-corrected chi connectivity index (χ0v) is 22.3. The van der Waals surface area contributed by atoms with E-state index in [9.17, 15) is 14.7 Å². The van der Waals surface area contributed by atoms with Gasteiger partial charge in [-0.1, -0.05) is 50.6 Å². The SMILES string of the molecule is C=CCSc1nc([O-])c2[n+](n1)C(c1cc(Br)cc(OCC)c1OC(C)=O)N(C(C)=O)c1ccccc1-2. The Hall–Kier alpha value is -3.44. The van der Waals surface area contributed by atoms with E-state index in [-0.39, 0.29) is 22.5 Å². The predicted molar refractivity (Wildman–Crippen MR) is 136 cm³/mol. The lowest BCUT2D eigenvalue weighted by molar-refractivity contribution is -0.764. The molecule has 1 aliphatic heterocycles. The number of carbonyl (C=O) groups is 2. The van der Waals surface area contributed by atoms with Crippen LogP contribution in [0, 0.1) is 0 Å². The monoisotopic (exact) mass is 570 g/mol. The van der Waals surface area contributed by atoms with Crippen molar-refractivity contribution in [3.63, 3.8) is 0 Å². The number of aromatic nitrogens is 3. The number of fused-ring (bicyclic) bond motifs is 3. The third-order valence-corrected chi connectivity index (χ3v) is 6.55. The lowest BCUT2D eigenvalue weighted by Crippen LogP contribution is -2.59. The number of rotatable bonds is 7. The minimum Gasteiger partial charge on any atom is -0.854 e. The summed E-state index contributed by atoms with van der Waals surface area (Å²) in [6.45, 7) is 8.53. The van der Waals surface area contributed by atoms with Crippen molar-refractivity contribution in [2.45, 2.75) is 32.1 Å². The van der Waals surface area contributed by atoms with Gasteiger partial charge in [0, 0.05) is 29.2 Å². The van der Waals surface area contributed by atoms with Gasteiger partial charge in [-0.15, -0.1) is 6.58 Å². The summed E-state index contributed by atoms with van der Waals surface area (Å²) in [4.78, 5) is 30.9. The molecule has 0 N–H and O–H groups in total. The summed E-state index contributed by atoms with van der Waals surface area (Å²) < 4.78 is 13.5. The van der Waals surface area contributed by atoms with E-state index < -0.39 is 18.0 Å². The fraction of sp³-hybridized carbons (Fsp3) is 0.240. The van der Waals surface area contributed by atoms with Gasteiger partial charge in [-0.2, -0.15) is 0 Å². The summed E-state index contributed by atoms with van der Waals surface area (Å²) in [5.41, 5.74) is 1.64. The highest BCUT2D eigenvalue weighted by molar-refractivity contribution is 9.10. The fourth-order valence-corrected chi connectivity index (χ4v) is 5.06. The number of halogens is 1. The second-order valence-corrected chi connectivity index (χ2v) is 9.62. The quantitative estimate of drug-likeness (QED) is 0.139. The molecule has 1 aromatic heterocycles. The molecule has 0 aliphatic carbocycles. The highest BCUT2D eigenvalue weighted by Crippen LogP contribution is 2.45. The Kier molecular flexibility index (Phi) is 7.60. The number of para-hydroxylation sites is 1. The van der Waals surface area contributed by atoms with Gasteiger partial charge in [0.25, 0.3) is 17.0 Å². The summed E-state index contributed by atoms with van der Waals surface area (Å²) in [6, 6.07) is 10.4. The Morgan fingerprint density at radius 2 is 2.06 bits per heavy atom. The minimum absolute atomic E-state index is 0.132. The lowest BCUT2D eigenvalue weighted by atomic mass is 10.0. The molecular formula is C25H23BrN4O5S. The number of thioether (sulfide) groups is 1. The van der Waals surface area contributed by atoms with E-state index in [0.29, 0.717) is 39.4 Å². The van der Waals surface area contributed by atoms with Crippen molar-refractivity contribution in [3.8, 4) is 28.6 Å². The molecule has 0 radical (unpaired) electrons. The maximum absolute atomic E-state index is 13.3. The van der Waals surface area contributed by atoms with Crippen molar-refractivity contribution in [2.24, 2.45) is 0 Å². The van der Waals surface area contributed by atoms with Gasteiger partial charge in [0.15, 0.2) is 11.5 Å². The molecule has 3 aromatic rings. The number of benzene rings is 2. The smallest absolute Gasteiger partial charge is 0.308 e. The van der Waals surface area contributed by atoms with Crippen LogP contribution in [-0.4, -0.2) is 34.3 Å². The first-order valence-corrected chi connectivity index (χ1v) is 12.8. The van der Waals surface area contributed by atoms with Crippen LogP contribution in [0.1, 0.15) is 32.5 Å². The molecule has 0 fully saturated rings. The third kappa shape index (κ3) is 4.80. The van der Waals surface area contributed by atoms with E-state index in [4.69, 9.17) is 9.47 Å². The maximum atomic E-state index is 13.3. The van der Waals surface area contributed by atoms with E-state index in [2.05, 4.69) is 32.6 Å². The summed E-state index contributed by atoms with van der Waals surface area (Å²) in [6.07, 6.45) is 0.705. The fourth-order valence-electron chi connectivity index (χ4n) is 4.05. The van der Waals surface area contributed by atoms with Crippen LogP contribution >= 0.6 is 27.7 Å². The Morgan fingerprint density at radius 1 is 1.31 bits per heavy atom. The highest BCUT2D eigenvalue weighted by Gasteiger charge is 2.46. The number of nitrogens with zero attached hydrogens (tertiary/aromatic N) is 4. The Bertz CT molecular complexity index is 1370. The Labute approximate surface area is 220 Å². The summed E-state index contributed by atoms with van der Waals surface area (Å²) in [5.74, 6) is -0.437. The van der Waals surface area contributed by atoms with Crippen LogP contribution in [0.2, 0.25) is 0 Å². The number of carbonyl (C=O) groups excluding carboxylic acids is 2. The molecule has 11 heteroatoms. The second kappa shape index (κ2) is 10.7. The molecule has 36 heavy (non-hydrogen) atoms. The molecule has 2 heterocycles. The molecule has 2 aromatic carbocycles. The molecule has 9 nitrogen and oxygen atoms in total. The molecule has 1 amide bonds. The van der Waals surface area contributed by atoms with Crippen molar-refractivity contribution >= 4 is 45.3 Å². The van der Waals surface area contributed by atoms with Crippen LogP contribution in [0.3, 0.4) is 0 Å². The number of amides is 1. The van der Waals surface area contributed by atoms with Crippen molar-refractivity contribution in [3.05, 3.63) is 59.1 Å². The van der Waals surface area contributed by atoms with Gasteiger partial charge >= 0.3 is 5.97 Å². The normalized spacial score (nSPS) is 14.0. The largest absolute Gasteiger partial charge is 0.854 e. The van der Waals surface area contributed by atoms with Gasteiger partial charge < -0.3 is 14.6 Å². The first-order chi connectivity index (χ1) is 17.3. The lowest BCUT2D eigenvalue weighted by Gasteiger charge is -2.33. The van der Waals surface area contributed by atoms with Gasteiger partial charge in [-0.05, 0) is 31.2 Å². The Balaban J connectivity index is 2.10. The molecule has 186 valence electrons. The van der Waals surface area contributed by atoms with Crippen LogP contribution in [0.25, 0.3) is 11.3 Å². The molecule has 0 saturated heterocycles. The van der Waals surface area contributed by atoms with Gasteiger partial charge in [0.05, 0.1) is 29.3 Å². The van der Waals surface area contributed by atoms with E-state index in [1.807, 2.05) is 0 Å². The number of hydrogen-bond donors (Lipinski definition) is 0. The third-order valence-electron chi connectivity index (χ3n) is 5.26. The standard InChI is InChI=1S/C25H23BrN4O5S/c1-5-11-36-25-27-23(33)21-17-9-7-8-10-19(17)29(14(3)31)24(30(21)28-25)18-12-16(26)13-20(34-6-2)22(18)35-15(4)32/h5,7-10,12-13,24H,1,6,11H2,2-4H3. The topological polar surface area (TPSA) is 109 Å². The molecule has 1 unspecified atom stereocenters. The summed E-state index contributed by atoms with van der Waals surface area (Å²) in [5, 5.41) is 18.2. The Morgan fingerprint density at radius 3 is 2.72 bits per heavy atom. The van der Waals surface area contributed by atoms with Crippen molar-refractivity contribution in [1.82, 2.24) is 10.1 Å². The van der Waals surface area contributed by atoms with E-state index >= 15 is 0 Å². The molecule has 1 atom stereocenters. The minimum atomic E-state index is -0.975. The van der Waals surface area contributed by atoms with Crippen LogP contribution in [-0.2, 0) is 9.59 Å². The molecule has 4 rings (SSSR count). The number of hydrogen-bond acceptors (Lipinski definition) is 8. The van der Waals surface area contributed by atoms with Crippen LogP contribution in [0.5, 0.6) is 17.4 Å². The van der Waals surface area contributed by atoms with Gasteiger partial charge in [-0.3, -0.25) is 9.59 Å². The zero-order chi connectivity index (χ0) is 26.0. The molecule has 1 aliphatic rings. The van der Waals surface area contributed by atoms with E-state index in [1.54, 1.807) is 49.4 Å². The van der Waals surface area contributed by atoms with Gasteiger partial charge in [-0.25, -0.2) is 9.88 Å². The van der Waals surface area contributed by atoms with Gasteiger partial charge in [0.1, 0.15) is 0 Å². The summed E-state index contributed by atoms with van der Waals surface area (Å²) in [7, 11) is 0. The molecular weight excluding hydrogens is 548 g/mol. The maximum Gasteiger partial charge on any atom is 0.308 e.